The van der Waals surface area contributed by atoms with E-state index >= 15 is 8.78 Å². The van der Waals surface area contributed by atoms with Gasteiger partial charge in [-0.15, -0.1) is 0 Å². The van der Waals surface area contributed by atoms with Crippen molar-refractivity contribution in [2.45, 2.75) is 119 Å². The van der Waals surface area contributed by atoms with Crippen LogP contribution in [0.15, 0.2) is 66.8 Å². The average molecular weight is 1040 g/mol. The zero-order chi connectivity index (χ0) is 52.9. The summed E-state index contributed by atoms with van der Waals surface area (Å²) in [7, 11) is -4.07. The number of alkyl halides is 17. The minimum absolute atomic E-state index is 0.0212. The number of carbonyl (C=O) groups excluding carboxylic acids is 2. The first-order chi connectivity index (χ1) is 30.7. The lowest BCUT2D eigenvalue weighted by Crippen LogP contribution is -2.74. The van der Waals surface area contributed by atoms with Crippen molar-refractivity contribution in [3.05, 3.63) is 84.0 Å². The smallest absolute Gasteiger partial charge is 0.460 e. The van der Waals surface area contributed by atoms with Gasteiger partial charge in [0, 0.05) is 24.5 Å². The highest BCUT2D eigenvalue weighted by molar-refractivity contribution is 6.76. The standard InChI is InChI=1S/C41H44F19NO6Si/c1-8-16-65-31(62)20-24(6)25(7)32(67-33(63)61-30-14-11-27(42)21-29(30)43)26-9-12-28(13-10-26)64-17-18-66-68(22(2)3,23(4)5)19-15-34(44,45)35(46,47)36(48,49)37(50,51)38(52,53)39(54,55)40(56,57)41(58,59)60/h8-14,20-23,25,32H,1,15-19H2,2-7H3,(H,61,63)/b24-20+/t25-,32-/m1/s1. The molecule has 0 radical (unpaired) electrons. The van der Waals surface area contributed by atoms with Crippen molar-refractivity contribution in [3.8, 4) is 5.75 Å². The van der Waals surface area contributed by atoms with Crippen LogP contribution >= 0.6 is 0 Å². The molecule has 0 saturated heterocycles. The van der Waals surface area contributed by atoms with Crippen molar-refractivity contribution in [1.29, 1.82) is 0 Å². The third-order valence-electron chi connectivity index (χ3n) is 10.8. The van der Waals surface area contributed by atoms with Gasteiger partial charge in [0.05, 0.1) is 12.3 Å². The molecule has 7 nitrogen and oxygen atoms in total. The lowest BCUT2D eigenvalue weighted by atomic mass is 9.88. The summed E-state index contributed by atoms with van der Waals surface area (Å²) in [5.41, 5.74) is -1.77. The van der Waals surface area contributed by atoms with Crippen LogP contribution in [0.5, 0.6) is 5.75 Å². The molecule has 1 N–H and O–H groups in total. The van der Waals surface area contributed by atoms with Crippen LogP contribution in [0.25, 0.3) is 0 Å². The van der Waals surface area contributed by atoms with E-state index in [9.17, 15) is 84.2 Å². The number of ether oxygens (including phenoxy) is 3. The predicted molar refractivity (Wildman–Crippen MR) is 207 cm³/mol. The summed E-state index contributed by atoms with van der Waals surface area (Å²) < 4.78 is 286. The Bertz CT molecular complexity index is 2070. The van der Waals surface area contributed by atoms with E-state index in [1.807, 2.05) is 0 Å². The topological polar surface area (TPSA) is 83.1 Å². The number of esters is 1. The van der Waals surface area contributed by atoms with Crippen molar-refractivity contribution >= 4 is 26.1 Å². The van der Waals surface area contributed by atoms with Crippen LogP contribution in [0.2, 0.25) is 17.1 Å². The molecule has 0 unspecified atom stereocenters. The predicted octanol–water partition coefficient (Wildman–Crippen LogP) is 14.1. The van der Waals surface area contributed by atoms with Gasteiger partial charge < -0.3 is 18.6 Å². The summed E-state index contributed by atoms with van der Waals surface area (Å²) >= 11 is 0. The molecular formula is C41H44F19NO6Si. The number of benzene rings is 2. The largest absolute Gasteiger partial charge is 0.491 e. The minimum atomic E-state index is -8.72. The Morgan fingerprint density at radius 2 is 1.21 bits per heavy atom. The molecule has 0 fully saturated rings. The Hall–Kier alpha value is -4.69. The summed E-state index contributed by atoms with van der Waals surface area (Å²) in [6, 6.07) is 6.19. The highest BCUT2D eigenvalue weighted by Gasteiger charge is 2.95. The lowest BCUT2D eigenvalue weighted by Gasteiger charge is -2.44. The van der Waals surface area contributed by atoms with Gasteiger partial charge in [0.1, 0.15) is 36.7 Å². The fourth-order valence-electron chi connectivity index (χ4n) is 6.54. The van der Waals surface area contributed by atoms with Gasteiger partial charge in [-0.2, -0.15) is 74.6 Å². The van der Waals surface area contributed by atoms with Crippen LogP contribution in [-0.2, 0) is 18.7 Å². The number of carbonyl (C=O) groups is 2. The number of rotatable bonds is 24. The number of hydrogen-bond donors (Lipinski definition) is 1. The number of hydrogen-bond acceptors (Lipinski definition) is 6. The van der Waals surface area contributed by atoms with E-state index in [2.05, 4.69) is 11.9 Å². The first-order valence-corrected chi connectivity index (χ1v) is 22.0. The van der Waals surface area contributed by atoms with Crippen molar-refractivity contribution in [3.63, 3.8) is 0 Å². The summed E-state index contributed by atoms with van der Waals surface area (Å²) in [5.74, 6) is -60.7. The minimum Gasteiger partial charge on any atom is -0.491 e. The maximum atomic E-state index is 15.0. The molecule has 27 heteroatoms. The van der Waals surface area contributed by atoms with Crippen LogP contribution in [0.1, 0.15) is 59.6 Å². The average Bonchev–Trinajstić information content (AvgIpc) is 3.21. The van der Waals surface area contributed by atoms with E-state index in [1.54, 1.807) is 0 Å². The highest BCUT2D eigenvalue weighted by Crippen LogP contribution is 2.64. The molecule has 0 heterocycles. The van der Waals surface area contributed by atoms with Gasteiger partial charge in [0.25, 0.3) is 0 Å². The van der Waals surface area contributed by atoms with Crippen LogP contribution in [0.3, 0.4) is 0 Å². The molecule has 2 rings (SSSR count). The maximum absolute atomic E-state index is 15.0. The lowest BCUT2D eigenvalue weighted by molar-refractivity contribution is -0.461. The zero-order valence-corrected chi connectivity index (χ0v) is 37.4. The van der Waals surface area contributed by atoms with Gasteiger partial charge >= 0.3 is 59.7 Å². The molecule has 386 valence electrons. The van der Waals surface area contributed by atoms with Gasteiger partial charge in [-0.25, -0.2) is 18.4 Å². The molecule has 2 aromatic rings. The van der Waals surface area contributed by atoms with Crippen molar-refractivity contribution < 1.29 is 112 Å². The second-order valence-corrected chi connectivity index (χ2v) is 20.9. The van der Waals surface area contributed by atoms with E-state index in [0.717, 1.165) is 18.2 Å². The molecule has 68 heavy (non-hydrogen) atoms. The second kappa shape index (κ2) is 21.5. The molecule has 0 aliphatic carbocycles. The van der Waals surface area contributed by atoms with Crippen LogP contribution in [-0.4, -0.2) is 87.8 Å². The van der Waals surface area contributed by atoms with Gasteiger partial charge in [-0.3, -0.25) is 5.32 Å². The summed E-state index contributed by atoms with van der Waals surface area (Å²) in [4.78, 5) is 25.1. The normalized spacial score (nSPS) is 15.0. The maximum Gasteiger partial charge on any atom is 0.460 e. The molecule has 0 aromatic heterocycles. The van der Waals surface area contributed by atoms with Crippen molar-refractivity contribution in [2.24, 2.45) is 5.92 Å². The third kappa shape index (κ3) is 12.0. The van der Waals surface area contributed by atoms with Gasteiger partial charge in [0.15, 0.2) is 8.32 Å². The van der Waals surface area contributed by atoms with Gasteiger partial charge in [0.2, 0.25) is 0 Å². The Balaban J connectivity index is 2.34. The SMILES string of the molecule is C=CCOC(=O)/C=C(\C)[C@@H](C)[C@@H](OC(=O)Nc1ccc(F)cc1F)c1ccc(OCCO[Si](CCC(F)(F)C(F)(F)C(F)(F)C(F)(F)C(F)(F)C(F)(F)C(F)(F)C(F)(F)F)(C(C)C)C(C)C)cc1. The summed E-state index contributed by atoms with van der Waals surface area (Å²) in [6.07, 6.45) is -10.5. The van der Waals surface area contributed by atoms with Crippen LogP contribution in [0.4, 0.5) is 93.9 Å². The molecule has 2 aromatic carbocycles. The Kier molecular flexibility index (Phi) is 18.8. The van der Waals surface area contributed by atoms with Crippen LogP contribution < -0.4 is 10.1 Å². The Morgan fingerprint density at radius 3 is 1.68 bits per heavy atom. The van der Waals surface area contributed by atoms with E-state index in [1.165, 1.54) is 71.9 Å². The van der Waals surface area contributed by atoms with Crippen molar-refractivity contribution in [2.75, 3.05) is 25.1 Å². The number of anilines is 1. The molecule has 0 spiro atoms. The first kappa shape index (κ1) is 59.4. The van der Waals surface area contributed by atoms with Crippen LogP contribution in [0, 0.1) is 17.6 Å². The third-order valence-corrected chi connectivity index (χ3v) is 16.4. The molecule has 2 atom stereocenters. The van der Waals surface area contributed by atoms with E-state index in [4.69, 9.17) is 18.6 Å². The number of amides is 1. The summed E-state index contributed by atoms with van der Waals surface area (Å²) in [5, 5.41) is 2.12. The molecular weight excluding hydrogens is 992 g/mol. The van der Waals surface area contributed by atoms with Gasteiger partial charge in [-0.05, 0) is 53.9 Å². The molecule has 0 aliphatic rings. The Morgan fingerprint density at radius 1 is 0.706 bits per heavy atom. The molecule has 1 amide bonds. The second-order valence-electron chi connectivity index (χ2n) is 15.8. The number of nitrogens with one attached hydrogen (secondary N) is 1. The number of halogens is 19. The highest BCUT2D eigenvalue weighted by atomic mass is 28.4. The van der Waals surface area contributed by atoms with Gasteiger partial charge in [-0.1, -0.05) is 65.0 Å². The van der Waals surface area contributed by atoms with E-state index < -0.39 is 134 Å². The quantitative estimate of drug-likeness (QED) is 0.0282. The van der Waals surface area contributed by atoms with Crippen molar-refractivity contribution in [1.82, 2.24) is 0 Å². The zero-order valence-electron chi connectivity index (χ0n) is 36.4. The molecule has 0 saturated carbocycles. The fraction of sp³-hybridized carbons (Fsp3) is 0.561. The first-order valence-electron chi connectivity index (χ1n) is 19.7. The molecule has 0 aliphatic heterocycles. The van der Waals surface area contributed by atoms with E-state index in [-0.39, 0.29) is 17.9 Å². The summed E-state index contributed by atoms with van der Waals surface area (Å²) in [6.45, 7) is 10.4. The Labute approximate surface area is 377 Å². The fourth-order valence-corrected chi connectivity index (χ4v) is 11.0. The van der Waals surface area contributed by atoms with E-state index in [0.29, 0.717) is 11.6 Å². The molecule has 0 bridgehead atoms. The monoisotopic (exact) mass is 1040 g/mol.